The first kappa shape index (κ1) is 22.5. The van der Waals surface area contributed by atoms with Gasteiger partial charge in [-0.3, -0.25) is 19.4 Å². The monoisotopic (exact) mass is 434 g/mol. The Morgan fingerprint density at radius 3 is 2.09 bits per heavy atom. The van der Waals surface area contributed by atoms with Crippen molar-refractivity contribution in [1.29, 1.82) is 0 Å². The minimum absolute atomic E-state index is 0.0125. The summed E-state index contributed by atoms with van der Waals surface area (Å²) >= 11 is 0. The van der Waals surface area contributed by atoms with Crippen LogP contribution in [0.5, 0.6) is 0 Å². The topological polar surface area (TPSA) is 55.9 Å². The number of likely N-dealkylation sites (tertiary alicyclic amines) is 1. The molecule has 6 heteroatoms. The molecular weight excluding hydrogens is 400 g/mol. The normalized spacial score (nSPS) is 19.5. The van der Waals surface area contributed by atoms with Crippen molar-refractivity contribution in [2.75, 3.05) is 39.3 Å². The minimum atomic E-state index is -0.110. The van der Waals surface area contributed by atoms with Gasteiger partial charge in [0.25, 0.3) is 5.91 Å². The van der Waals surface area contributed by atoms with Crippen molar-refractivity contribution in [1.82, 2.24) is 20.0 Å². The lowest BCUT2D eigenvalue weighted by molar-refractivity contribution is -0.138. The van der Waals surface area contributed by atoms with E-state index in [1.165, 1.54) is 5.56 Å². The zero-order valence-electron chi connectivity index (χ0n) is 19.0. The number of carbonyl (C=O) groups excluding carboxylic acids is 2. The third kappa shape index (κ3) is 5.75. The second-order valence-electron chi connectivity index (χ2n) is 8.91. The number of piperazine rings is 1. The second kappa shape index (κ2) is 10.7. The Balaban J connectivity index is 1.20. The fraction of sp³-hybridized carbons (Fsp3) is 0.462. The molecule has 2 saturated heterocycles. The van der Waals surface area contributed by atoms with Gasteiger partial charge in [0, 0.05) is 57.4 Å². The molecule has 2 aromatic rings. The first-order valence-corrected chi connectivity index (χ1v) is 11.7. The molecule has 2 heterocycles. The summed E-state index contributed by atoms with van der Waals surface area (Å²) in [7, 11) is 0. The van der Waals surface area contributed by atoms with Crippen molar-refractivity contribution in [3.05, 3.63) is 71.8 Å². The highest BCUT2D eigenvalue weighted by Crippen LogP contribution is 2.17. The first-order chi connectivity index (χ1) is 15.6. The van der Waals surface area contributed by atoms with Gasteiger partial charge in [0.2, 0.25) is 5.91 Å². The predicted octanol–water partition coefficient (Wildman–Crippen LogP) is 2.61. The summed E-state index contributed by atoms with van der Waals surface area (Å²) in [5, 5.41) is 3.15. The Bertz CT molecular complexity index is 873. The molecule has 2 aromatic carbocycles. The largest absolute Gasteiger partial charge is 0.349 e. The third-order valence-corrected chi connectivity index (χ3v) is 6.74. The van der Waals surface area contributed by atoms with Crippen LogP contribution in [-0.4, -0.2) is 77.9 Å². The number of benzene rings is 2. The quantitative estimate of drug-likeness (QED) is 0.760. The van der Waals surface area contributed by atoms with Crippen LogP contribution in [-0.2, 0) is 11.3 Å². The van der Waals surface area contributed by atoms with E-state index >= 15 is 0 Å². The Kier molecular flexibility index (Phi) is 7.55. The van der Waals surface area contributed by atoms with Crippen LogP contribution in [0.2, 0.25) is 0 Å². The van der Waals surface area contributed by atoms with Crippen molar-refractivity contribution >= 4 is 11.8 Å². The Labute approximate surface area is 191 Å². The summed E-state index contributed by atoms with van der Waals surface area (Å²) in [5.74, 6) is 0.220. The average Bonchev–Trinajstić information content (AvgIpc) is 2.85. The van der Waals surface area contributed by atoms with Crippen molar-refractivity contribution < 1.29 is 9.59 Å². The molecule has 2 fully saturated rings. The van der Waals surface area contributed by atoms with E-state index in [4.69, 9.17) is 0 Å². The van der Waals surface area contributed by atoms with Gasteiger partial charge in [-0.1, -0.05) is 48.5 Å². The number of amides is 2. The molecule has 4 rings (SSSR count). The van der Waals surface area contributed by atoms with Gasteiger partial charge >= 0.3 is 0 Å². The molecule has 32 heavy (non-hydrogen) atoms. The van der Waals surface area contributed by atoms with Gasteiger partial charge in [-0.15, -0.1) is 0 Å². The van der Waals surface area contributed by atoms with Crippen molar-refractivity contribution in [2.45, 2.75) is 38.4 Å². The molecule has 2 aliphatic heterocycles. The molecule has 0 aromatic heterocycles. The van der Waals surface area contributed by atoms with Crippen LogP contribution in [0.1, 0.15) is 35.7 Å². The highest BCUT2D eigenvalue weighted by molar-refractivity contribution is 5.94. The van der Waals surface area contributed by atoms with Crippen LogP contribution in [0.15, 0.2) is 60.7 Å². The Morgan fingerprint density at radius 1 is 0.875 bits per heavy atom. The fourth-order valence-electron chi connectivity index (χ4n) is 4.68. The summed E-state index contributed by atoms with van der Waals surface area (Å²) in [6.07, 6.45) is 1.75. The number of rotatable bonds is 6. The molecule has 6 nitrogen and oxygen atoms in total. The van der Waals surface area contributed by atoms with Crippen LogP contribution < -0.4 is 5.32 Å². The van der Waals surface area contributed by atoms with E-state index in [0.29, 0.717) is 5.56 Å². The number of nitrogens with one attached hydrogen (secondary N) is 1. The van der Waals surface area contributed by atoms with Crippen molar-refractivity contribution in [3.8, 4) is 0 Å². The first-order valence-electron chi connectivity index (χ1n) is 11.7. The van der Waals surface area contributed by atoms with Gasteiger partial charge in [-0.05, 0) is 37.5 Å². The van der Waals surface area contributed by atoms with Gasteiger partial charge in [0.15, 0.2) is 0 Å². The highest BCUT2D eigenvalue weighted by atomic mass is 16.2. The molecule has 0 saturated carbocycles. The van der Waals surface area contributed by atoms with Crippen molar-refractivity contribution in [3.63, 3.8) is 0 Å². The summed E-state index contributed by atoms with van der Waals surface area (Å²) in [6.45, 7) is 8.06. The van der Waals surface area contributed by atoms with Gasteiger partial charge in [-0.2, -0.15) is 0 Å². The van der Waals surface area contributed by atoms with E-state index in [0.717, 1.165) is 58.7 Å². The molecule has 2 amide bonds. The summed E-state index contributed by atoms with van der Waals surface area (Å²) < 4.78 is 0. The van der Waals surface area contributed by atoms with Crippen LogP contribution in [0, 0.1) is 0 Å². The van der Waals surface area contributed by atoms with Gasteiger partial charge in [0.1, 0.15) is 0 Å². The minimum Gasteiger partial charge on any atom is -0.349 e. The zero-order chi connectivity index (χ0) is 22.3. The van der Waals surface area contributed by atoms with Gasteiger partial charge < -0.3 is 10.2 Å². The maximum Gasteiger partial charge on any atom is 0.251 e. The van der Waals surface area contributed by atoms with Crippen molar-refractivity contribution in [2.24, 2.45) is 0 Å². The van der Waals surface area contributed by atoms with E-state index in [-0.39, 0.29) is 23.9 Å². The summed E-state index contributed by atoms with van der Waals surface area (Å²) in [4.78, 5) is 32.2. The number of hydrogen-bond donors (Lipinski definition) is 1. The third-order valence-electron chi connectivity index (χ3n) is 6.74. The maximum atomic E-state index is 13.1. The molecular formula is C26H34N4O2. The smallest absolute Gasteiger partial charge is 0.251 e. The number of nitrogens with zero attached hydrogens (tertiary/aromatic N) is 3. The molecule has 1 N–H and O–H groups in total. The maximum absolute atomic E-state index is 13.1. The van der Waals surface area contributed by atoms with Gasteiger partial charge in [0.05, 0.1) is 6.04 Å². The van der Waals surface area contributed by atoms with Crippen LogP contribution in [0.3, 0.4) is 0 Å². The molecule has 0 aliphatic carbocycles. The summed E-state index contributed by atoms with van der Waals surface area (Å²) in [5.41, 5.74) is 2.02. The summed E-state index contributed by atoms with van der Waals surface area (Å²) in [6, 6.07) is 19.9. The van der Waals surface area contributed by atoms with E-state index < -0.39 is 0 Å². The number of carbonyl (C=O) groups is 2. The number of hydrogen-bond acceptors (Lipinski definition) is 4. The average molecular weight is 435 g/mol. The molecule has 0 bridgehead atoms. The second-order valence-corrected chi connectivity index (χ2v) is 8.91. The van der Waals surface area contributed by atoms with E-state index in [1.807, 2.05) is 48.2 Å². The van der Waals surface area contributed by atoms with Crippen LogP contribution in [0.4, 0.5) is 0 Å². The lowest BCUT2D eigenvalue weighted by Gasteiger charge is -2.40. The molecule has 0 spiro atoms. The number of piperidine rings is 1. The molecule has 2 aliphatic rings. The Morgan fingerprint density at radius 2 is 1.47 bits per heavy atom. The lowest BCUT2D eigenvalue weighted by Crippen LogP contribution is -2.56. The Hall–Kier alpha value is -2.70. The van der Waals surface area contributed by atoms with Gasteiger partial charge in [-0.25, -0.2) is 0 Å². The van der Waals surface area contributed by atoms with Crippen LogP contribution in [0.25, 0.3) is 0 Å². The van der Waals surface area contributed by atoms with E-state index in [9.17, 15) is 9.59 Å². The molecule has 1 atom stereocenters. The fourth-order valence-corrected chi connectivity index (χ4v) is 4.68. The zero-order valence-corrected chi connectivity index (χ0v) is 19.0. The van der Waals surface area contributed by atoms with E-state index in [2.05, 4.69) is 39.4 Å². The molecule has 170 valence electrons. The van der Waals surface area contributed by atoms with Crippen LogP contribution >= 0.6 is 0 Å². The lowest BCUT2D eigenvalue weighted by atomic mass is 10.0. The highest BCUT2D eigenvalue weighted by Gasteiger charge is 2.31. The standard InChI is InChI=1S/C26H34N4O2/c1-21(26(32)30-18-16-28(17-19-30)20-22-8-4-2-5-9-22)29-14-12-24(13-15-29)27-25(31)23-10-6-3-7-11-23/h2-11,21,24H,12-20H2,1H3,(H,27,31)/t21-/m1/s1. The van der Waals surface area contributed by atoms with E-state index in [1.54, 1.807) is 0 Å². The molecule has 0 radical (unpaired) electrons. The molecule has 0 unspecified atom stereocenters. The SMILES string of the molecule is C[C@H](C(=O)N1CCN(Cc2ccccc2)CC1)N1CCC(NC(=O)c2ccccc2)CC1. The predicted molar refractivity (Wildman–Crippen MR) is 126 cm³/mol.